The average molecular weight is 524 g/mol. The fraction of sp³-hybridized carbons (Fsp3) is 0.429. The van der Waals surface area contributed by atoms with Crippen molar-refractivity contribution < 1.29 is 14.3 Å². The molecule has 0 spiro atoms. The maximum Gasteiger partial charge on any atom is 0.223 e. The molecule has 1 atom stereocenters. The van der Waals surface area contributed by atoms with Crippen LogP contribution >= 0.6 is 11.6 Å². The summed E-state index contributed by atoms with van der Waals surface area (Å²) < 4.78 is 7.91. The number of hydrogen-bond acceptors (Lipinski definition) is 5. The van der Waals surface area contributed by atoms with Crippen LogP contribution in [0.5, 0.6) is 5.75 Å². The molecular weight excluding hydrogens is 490 g/mol. The lowest BCUT2D eigenvalue weighted by atomic mass is 9.77. The van der Waals surface area contributed by atoms with Gasteiger partial charge >= 0.3 is 0 Å². The fourth-order valence-corrected chi connectivity index (χ4v) is 5.01. The highest BCUT2D eigenvalue weighted by molar-refractivity contribution is 6.30. The van der Waals surface area contributed by atoms with E-state index in [1.807, 2.05) is 54.4 Å². The lowest BCUT2D eigenvalue weighted by Gasteiger charge is -2.43. The van der Waals surface area contributed by atoms with Crippen LogP contribution < -0.4 is 4.74 Å². The van der Waals surface area contributed by atoms with Crippen molar-refractivity contribution in [2.45, 2.75) is 45.2 Å². The number of aromatic nitrogens is 3. The summed E-state index contributed by atoms with van der Waals surface area (Å²) in [6.07, 6.45) is 6.19. The molecule has 196 valence electrons. The summed E-state index contributed by atoms with van der Waals surface area (Å²) in [5.41, 5.74) is 0.597. The van der Waals surface area contributed by atoms with E-state index in [1.54, 1.807) is 28.0 Å². The second-order valence-corrected chi connectivity index (χ2v) is 10.3. The Bertz CT molecular complexity index is 1160. The molecule has 0 aliphatic carbocycles. The van der Waals surface area contributed by atoms with E-state index in [-0.39, 0.29) is 11.8 Å². The van der Waals surface area contributed by atoms with E-state index in [1.165, 1.54) is 6.33 Å². The lowest BCUT2D eigenvalue weighted by Crippen LogP contribution is -2.50. The molecular formula is C28H34ClN5O3. The van der Waals surface area contributed by atoms with Crippen molar-refractivity contribution in [1.82, 2.24) is 24.6 Å². The fourth-order valence-electron chi connectivity index (χ4n) is 4.83. The first-order valence-corrected chi connectivity index (χ1v) is 13.1. The number of likely N-dealkylation sites (tertiary alicyclic amines) is 1. The highest BCUT2D eigenvalue weighted by atomic mass is 35.5. The summed E-state index contributed by atoms with van der Waals surface area (Å²) in [4.78, 5) is 34.1. The quantitative estimate of drug-likeness (QED) is 0.371. The van der Waals surface area contributed by atoms with Gasteiger partial charge in [0.1, 0.15) is 18.4 Å². The summed E-state index contributed by atoms with van der Waals surface area (Å²) in [6, 6.07) is 17.2. The van der Waals surface area contributed by atoms with Gasteiger partial charge in [-0.15, -0.1) is 0 Å². The third kappa shape index (κ3) is 7.79. The molecule has 0 radical (unpaired) electrons. The number of aryl methyl sites for hydroxylation is 1. The van der Waals surface area contributed by atoms with Crippen LogP contribution in [0.1, 0.15) is 37.7 Å². The molecule has 1 aromatic heterocycles. The van der Waals surface area contributed by atoms with Gasteiger partial charge < -0.3 is 14.5 Å². The van der Waals surface area contributed by atoms with Crippen LogP contribution in [-0.4, -0.2) is 63.1 Å². The normalized spacial score (nSPS) is 17.4. The van der Waals surface area contributed by atoms with Crippen molar-refractivity contribution >= 4 is 23.4 Å². The van der Waals surface area contributed by atoms with Gasteiger partial charge in [0.15, 0.2) is 0 Å². The molecule has 2 amide bonds. The number of hydrogen-bond donors (Lipinski definition) is 0. The van der Waals surface area contributed by atoms with Crippen LogP contribution in [0.15, 0.2) is 67.3 Å². The van der Waals surface area contributed by atoms with E-state index in [9.17, 15) is 9.59 Å². The van der Waals surface area contributed by atoms with Crippen molar-refractivity contribution in [1.29, 1.82) is 0 Å². The average Bonchev–Trinajstić information content (AvgIpc) is 3.42. The first-order valence-electron chi connectivity index (χ1n) is 12.7. The Morgan fingerprint density at radius 2 is 2.00 bits per heavy atom. The van der Waals surface area contributed by atoms with Crippen LogP contribution in [0.25, 0.3) is 0 Å². The molecule has 4 rings (SSSR count). The smallest absolute Gasteiger partial charge is 0.223 e. The van der Waals surface area contributed by atoms with Crippen LogP contribution in [0.2, 0.25) is 5.02 Å². The Morgan fingerprint density at radius 3 is 2.76 bits per heavy atom. The van der Waals surface area contributed by atoms with E-state index < -0.39 is 5.41 Å². The SMILES string of the molecule is CN(Cc1ccccc1)C(=O)CC1(COc2cccc(Cl)c2)CCCN(C(=O)CCCn2cncn2)C1. The van der Waals surface area contributed by atoms with Crippen molar-refractivity contribution in [3.63, 3.8) is 0 Å². The number of halogens is 1. The zero-order valence-corrected chi connectivity index (χ0v) is 22.0. The molecule has 9 heteroatoms. The number of amides is 2. The predicted molar refractivity (Wildman–Crippen MR) is 142 cm³/mol. The number of nitrogens with zero attached hydrogens (tertiary/aromatic N) is 5. The Balaban J connectivity index is 1.43. The van der Waals surface area contributed by atoms with Gasteiger partial charge in [-0.25, -0.2) is 4.98 Å². The second kappa shape index (κ2) is 12.7. The number of benzene rings is 2. The minimum Gasteiger partial charge on any atom is -0.493 e. The van der Waals surface area contributed by atoms with Crippen molar-refractivity contribution in [3.05, 3.63) is 77.8 Å². The van der Waals surface area contributed by atoms with E-state index >= 15 is 0 Å². The Morgan fingerprint density at radius 1 is 1.16 bits per heavy atom. The van der Waals surface area contributed by atoms with Gasteiger partial charge in [-0.2, -0.15) is 5.10 Å². The van der Waals surface area contributed by atoms with E-state index in [2.05, 4.69) is 10.1 Å². The predicted octanol–water partition coefficient (Wildman–Crippen LogP) is 4.45. The van der Waals surface area contributed by atoms with Gasteiger partial charge in [0, 0.05) is 56.5 Å². The minimum atomic E-state index is -0.482. The van der Waals surface area contributed by atoms with E-state index in [0.717, 1.165) is 18.4 Å². The standard InChI is InChI=1S/C28H34ClN5O3/c1-32(18-23-8-3-2-4-9-23)27(36)17-28(20-37-25-11-5-10-24(29)16-25)13-7-14-33(19-28)26(35)12-6-15-34-22-30-21-31-34/h2-5,8-11,16,21-22H,6-7,12-15,17-20H2,1H3. The third-order valence-electron chi connectivity index (χ3n) is 6.81. The van der Waals surface area contributed by atoms with Gasteiger partial charge in [0.05, 0.1) is 6.61 Å². The van der Waals surface area contributed by atoms with Gasteiger partial charge in [-0.3, -0.25) is 14.3 Å². The highest BCUT2D eigenvalue weighted by Crippen LogP contribution is 2.36. The second-order valence-electron chi connectivity index (χ2n) is 9.84. The van der Waals surface area contributed by atoms with Crippen LogP contribution in [-0.2, 0) is 22.7 Å². The van der Waals surface area contributed by atoms with Gasteiger partial charge in [0.25, 0.3) is 0 Å². The lowest BCUT2D eigenvalue weighted by molar-refractivity contribution is -0.141. The molecule has 0 bridgehead atoms. The highest BCUT2D eigenvalue weighted by Gasteiger charge is 2.40. The molecule has 1 unspecified atom stereocenters. The third-order valence-corrected chi connectivity index (χ3v) is 7.05. The van der Waals surface area contributed by atoms with Crippen LogP contribution in [0.4, 0.5) is 0 Å². The monoisotopic (exact) mass is 523 g/mol. The van der Waals surface area contributed by atoms with Crippen LogP contribution in [0, 0.1) is 5.41 Å². The molecule has 0 N–H and O–H groups in total. The Hall–Kier alpha value is -3.39. The molecule has 3 aromatic rings. The molecule has 37 heavy (non-hydrogen) atoms. The largest absolute Gasteiger partial charge is 0.493 e. The number of ether oxygens (including phenoxy) is 1. The van der Waals surface area contributed by atoms with Crippen molar-refractivity contribution in [3.8, 4) is 5.75 Å². The first kappa shape index (κ1) is 26.7. The van der Waals surface area contributed by atoms with Crippen LogP contribution in [0.3, 0.4) is 0 Å². The summed E-state index contributed by atoms with van der Waals surface area (Å²) in [5, 5.41) is 4.70. The van der Waals surface area contributed by atoms with Crippen molar-refractivity contribution in [2.75, 3.05) is 26.7 Å². The number of carbonyl (C=O) groups is 2. The maximum absolute atomic E-state index is 13.4. The molecule has 2 heterocycles. The molecule has 0 saturated carbocycles. The Labute approximate surface area is 223 Å². The zero-order valence-electron chi connectivity index (χ0n) is 21.3. The van der Waals surface area contributed by atoms with Gasteiger partial charge in [-0.1, -0.05) is 48.0 Å². The summed E-state index contributed by atoms with van der Waals surface area (Å²) in [6.45, 7) is 2.69. The first-order chi connectivity index (χ1) is 17.9. The topological polar surface area (TPSA) is 80.6 Å². The number of rotatable bonds is 11. The molecule has 8 nitrogen and oxygen atoms in total. The van der Waals surface area contributed by atoms with E-state index in [4.69, 9.17) is 16.3 Å². The molecule has 1 aliphatic heterocycles. The molecule has 2 aromatic carbocycles. The Kier molecular flexibility index (Phi) is 9.17. The molecule has 1 fully saturated rings. The minimum absolute atomic E-state index is 0.0408. The number of piperidine rings is 1. The summed E-state index contributed by atoms with van der Waals surface area (Å²) in [5.74, 6) is 0.796. The summed E-state index contributed by atoms with van der Waals surface area (Å²) in [7, 11) is 1.83. The van der Waals surface area contributed by atoms with Gasteiger partial charge in [0.2, 0.25) is 11.8 Å². The zero-order chi connectivity index (χ0) is 26.1. The van der Waals surface area contributed by atoms with Gasteiger partial charge in [-0.05, 0) is 43.0 Å². The molecule has 1 saturated heterocycles. The molecule has 1 aliphatic rings. The summed E-state index contributed by atoms with van der Waals surface area (Å²) >= 11 is 6.15. The van der Waals surface area contributed by atoms with Crippen molar-refractivity contribution in [2.24, 2.45) is 5.41 Å². The maximum atomic E-state index is 13.4. The van der Waals surface area contributed by atoms with E-state index in [0.29, 0.717) is 62.8 Å². The number of carbonyl (C=O) groups excluding carboxylic acids is 2.